The van der Waals surface area contributed by atoms with Crippen molar-refractivity contribution in [3.05, 3.63) is 29.3 Å². The van der Waals surface area contributed by atoms with Crippen LogP contribution in [-0.2, 0) is 5.33 Å². The molecule has 5 heteroatoms. The zero-order valence-corrected chi connectivity index (χ0v) is 7.48. The van der Waals surface area contributed by atoms with Gasteiger partial charge in [0, 0.05) is 23.3 Å². The van der Waals surface area contributed by atoms with E-state index in [4.69, 9.17) is 0 Å². The second-order valence-corrected chi connectivity index (χ2v) is 2.70. The molecule has 1 nitrogen and oxygen atoms in total. The SMILES string of the molecule is Fc1c(CBr)cncc1C(F)F. The molecule has 1 rings (SSSR count). The highest BCUT2D eigenvalue weighted by atomic mass is 79.9. The molecule has 0 saturated carbocycles. The Kier molecular flexibility index (Phi) is 3.08. The lowest BCUT2D eigenvalue weighted by atomic mass is 10.2. The summed E-state index contributed by atoms with van der Waals surface area (Å²) < 4.78 is 37.1. The molecule has 0 aliphatic heterocycles. The molecule has 0 atom stereocenters. The topological polar surface area (TPSA) is 12.9 Å². The Balaban J connectivity index is 3.14. The van der Waals surface area contributed by atoms with E-state index in [0.717, 1.165) is 6.20 Å². The van der Waals surface area contributed by atoms with Gasteiger partial charge in [-0.2, -0.15) is 0 Å². The Labute approximate surface area is 75.7 Å². The van der Waals surface area contributed by atoms with Gasteiger partial charge in [0.05, 0.1) is 5.56 Å². The lowest BCUT2D eigenvalue weighted by molar-refractivity contribution is 0.145. The Morgan fingerprint density at radius 2 is 2.08 bits per heavy atom. The molecule has 0 aromatic carbocycles. The minimum absolute atomic E-state index is 0.146. The van der Waals surface area contributed by atoms with Crippen molar-refractivity contribution in [2.24, 2.45) is 0 Å². The normalized spacial score (nSPS) is 10.8. The van der Waals surface area contributed by atoms with Gasteiger partial charge in [-0.25, -0.2) is 13.2 Å². The molecule has 66 valence electrons. The third-order valence-electron chi connectivity index (χ3n) is 1.36. The molecule has 0 saturated heterocycles. The van der Waals surface area contributed by atoms with Crippen LogP contribution in [0.5, 0.6) is 0 Å². The van der Waals surface area contributed by atoms with E-state index < -0.39 is 17.8 Å². The van der Waals surface area contributed by atoms with Crippen LogP contribution in [-0.4, -0.2) is 4.98 Å². The highest BCUT2D eigenvalue weighted by Crippen LogP contribution is 2.23. The van der Waals surface area contributed by atoms with Crippen LogP contribution in [0.1, 0.15) is 17.6 Å². The number of halogens is 4. The number of hydrogen-bond acceptors (Lipinski definition) is 1. The first-order valence-corrected chi connectivity index (χ1v) is 4.25. The predicted molar refractivity (Wildman–Crippen MR) is 41.8 cm³/mol. The van der Waals surface area contributed by atoms with Crippen LogP contribution in [0, 0.1) is 5.82 Å². The molecule has 1 aromatic rings. The van der Waals surface area contributed by atoms with Crippen molar-refractivity contribution < 1.29 is 13.2 Å². The van der Waals surface area contributed by atoms with Crippen LogP contribution in [0.15, 0.2) is 12.4 Å². The van der Waals surface area contributed by atoms with Gasteiger partial charge < -0.3 is 0 Å². The Bertz CT molecular complexity index is 277. The fraction of sp³-hybridized carbons (Fsp3) is 0.286. The first kappa shape index (κ1) is 9.51. The second kappa shape index (κ2) is 3.89. The van der Waals surface area contributed by atoms with E-state index in [-0.39, 0.29) is 10.9 Å². The first-order valence-electron chi connectivity index (χ1n) is 3.13. The molecule has 0 unspecified atom stereocenters. The number of rotatable bonds is 2. The Morgan fingerprint density at radius 3 is 2.58 bits per heavy atom. The number of aromatic nitrogens is 1. The van der Waals surface area contributed by atoms with E-state index in [9.17, 15) is 13.2 Å². The van der Waals surface area contributed by atoms with Crippen molar-refractivity contribution >= 4 is 15.9 Å². The number of hydrogen-bond donors (Lipinski definition) is 0. The summed E-state index contributed by atoms with van der Waals surface area (Å²) in [4.78, 5) is 3.49. The fourth-order valence-corrected chi connectivity index (χ4v) is 1.14. The van der Waals surface area contributed by atoms with Crippen molar-refractivity contribution in [1.29, 1.82) is 0 Å². The highest BCUT2D eigenvalue weighted by molar-refractivity contribution is 9.08. The molecule has 12 heavy (non-hydrogen) atoms. The van der Waals surface area contributed by atoms with Gasteiger partial charge in [0.15, 0.2) is 0 Å². The average Bonchev–Trinajstić information content (AvgIpc) is 2.04. The van der Waals surface area contributed by atoms with Crippen molar-refractivity contribution in [3.63, 3.8) is 0 Å². The van der Waals surface area contributed by atoms with E-state index in [1.165, 1.54) is 6.20 Å². The molecule has 1 heterocycles. The molecule has 0 aliphatic rings. The molecule has 0 radical (unpaired) electrons. The number of pyridine rings is 1. The Morgan fingerprint density at radius 1 is 1.42 bits per heavy atom. The third kappa shape index (κ3) is 1.77. The molecule has 0 spiro atoms. The van der Waals surface area contributed by atoms with Gasteiger partial charge in [0.1, 0.15) is 5.82 Å². The summed E-state index contributed by atoms with van der Waals surface area (Å²) in [7, 11) is 0. The van der Waals surface area contributed by atoms with Crippen LogP contribution in [0.2, 0.25) is 0 Å². The van der Waals surface area contributed by atoms with Crippen LogP contribution >= 0.6 is 15.9 Å². The maximum absolute atomic E-state index is 13.0. The van der Waals surface area contributed by atoms with Crippen LogP contribution in [0.4, 0.5) is 13.2 Å². The molecule has 0 fully saturated rings. The van der Waals surface area contributed by atoms with Crippen molar-refractivity contribution in [3.8, 4) is 0 Å². The minimum Gasteiger partial charge on any atom is -0.264 e. The average molecular weight is 240 g/mol. The summed E-state index contributed by atoms with van der Waals surface area (Å²) in [5.74, 6) is -0.878. The number of nitrogens with zero attached hydrogens (tertiary/aromatic N) is 1. The molecule has 1 aromatic heterocycles. The van der Waals surface area contributed by atoms with Gasteiger partial charge in [-0.1, -0.05) is 15.9 Å². The standard InChI is InChI=1S/C7H5BrF3N/c8-1-4-2-12-3-5(6(4)9)7(10)11/h2-3,7H,1H2. The van der Waals surface area contributed by atoms with Gasteiger partial charge in [0.25, 0.3) is 6.43 Å². The van der Waals surface area contributed by atoms with Crippen molar-refractivity contribution in [1.82, 2.24) is 4.98 Å². The maximum atomic E-state index is 13.0. The minimum atomic E-state index is -2.81. The van der Waals surface area contributed by atoms with Gasteiger partial charge in [-0.05, 0) is 0 Å². The molecular weight excluding hydrogens is 235 g/mol. The van der Waals surface area contributed by atoms with Crippen LogP contribution in [0.3, 0.4) is 0 Å². The molecular formula is C7H5BrF3N. The fourth-order valence-electron chi connectivity index (χ4n) is 0.752. The smallest absolute Gasteiger partial charge is 0.264 e. The molecule has 0 bridgehead atoms. The summed E-state index contributed by atoms with van der Waals surface area (Å²) in [5.41, 5.74) is -0.500. The van der Waals surface area contributed by atoms with E-state index >= 15 is 0 Å². The van der Waals surface area contributed by atoms with Crippen molar-refractivity contribution in [2.75, 3.05) is 0 Å². The lowest BCUT2D eigenvalue weighted by Gasteiger charge is -2.03. The van der Waals surface area contributed by atoms with Crippen LogP contribution in [0.25, 0.3) is 0 Å². The molecule has 0 amide bonds. The van der Waals surface area contributed by atoms with Crippen LogP contribution < -0.4 is 0 Å². The molecule has 0 N–H and O–H groups in total. The van der Waals surface area contributed by atoms with Gasteiger partial charge in [-0.15, -0.1) is 0 Å². The summed E-state index contributed by atoms with van der Waals surface area (Å²) >= 11 is 2.97. The highest BCUT2D eigenvalue weighted by Gasteiger charge is 2.15. The zero-order chi connectivity index (χ0) is 9.14. The lowest BCUT2D eigenvalue weighted by Crippen LogP contribution is -1.96. The largest absolute Gasteiger partial charge is 0.268 e. The van der Waals surface area contributed by atoms with Gasteiger partial charge in [0.2, 0.25) is 0 Å². The summed E-state index contributed by atoms with van der Waals surface area (Å²) in [6.07, 6.45) is -0.751. The maximum Gasteiger partial charge on any atom is 0.268 e. The predicted octanol–water partition coefficient (Wildman–Crippen LogP) is 3.05. The number of alkyl halides is 3. The summed E-state index contributed by atoms with van der Waals surface area (Å²) in [5, 5.41) is 0.187. The summed E-state index contributed by atoms with van der Waals surface area (Å²) in [6, 6.07) is 0. The first-order chi connectivity index (χ1) is 5.66. The van der Waals surface area contributed by atoms with E-state index in [1.54, 1.807) is 0 Å². The van der Waals surface area contributed by atoms with E-state index in [0.29, 0.717) is 0 Å². The zero-order valence-electron chi connectivity index (χ0n) is 5.90. The van der Waals surface area contributed by atoms with E-state index in [2.05, 4.69) is 20.9 Å². The van der Waals surface area contributed by atoms with E-state index in [1.807, 2.05) is 0 Å². The van der Waals surface area contributed by atoms with Gasteiger partial charge in [-0.3, -0.25) is 4.98 Å². The third-order valence-corrected chi connectivity index (χ3v) is 1.96. The molecule has 0 aliphatic carbocycles. The van der Waals surface area contributed by atoms with Gasteiger partial charge >= 0.3 is 0 Å². The summed E-state index contributed by atoms with van der Waals surface area (Å²) in [6.45, 7) is 0. The monoisotopic (exact) mass is 239 g/mol. The second-order valence-electron chi connectivity index (χ2n) is 2.14. The quantitative estimate of drug-likeness (QED) is 0.724. The van der Waals surface area contributed by atoms with Crippen molar-refractivity contribution in [2.45, 2.75) is 11.8 Å². The Hall–Kier alpha value is -0.580.